The molecule has 3 N–H and O–H groups in total. The van der Waals surface area contributed by atoms with E-state index in [2.05, 4.69) is 15.6 Å². The van der Waals surface area contributed by atoms with Gasteiger partial charge in [0.05, 0.1) is 12.7 Å². The summed E-state index contributed by atoms with van der Waals surface area (Å²) in [5.74, 6) is -0.836. The smallest absolute Gasteiger partial charge is 0.358 e. The second-order valence-corrected chi connectivity index (χ2v) is 3.98. The molecule has 0 aliphatic heterocycles. The number of nitrogens with zero attached hydrogens (tertiary/aromatic N) is 3. The Morgan fingerprint density at radius 3 is 2.84 bits per heavy atom. The number of carbonyl (C=O) groups is 1. The molecule has 0 aliphatic carbocycles. The number of carboxylic acid groups (broad SMARTS) is 1. The first-order valence-corrected chi connectivity index (χ1v) is 5.78. The van der Waals surface area contributed by atoms with Crippen molar-refractivity contribution in [1.29, 1.82) is 0 Å². The van der Waals surface area contributed by atoms with Crippen LogP contribution in [0.4, 0.5) is 0 Å². The third-order valence-electron chi connectivity index (χ3n) is 2.58. The first-order chi connectivity index (χ1) is 9.16. The maximum absolute atomic E-state index is 10.6. The maximum atomic E-state index is 10.6. The lowest BCUT2D eigenvalue weighted by molar-refractivity contribution is 0.0690. The Hall–Kier alpha value is -2.41. The molecule has 0 spiro atoms. The molecule has 100 valence electrons. The van der Waals surface area contributed by atoms with Crippen molar-refractivity contribution in [1.82, 2.24) is 20.3 Å². The van der Waals surface area contributed by atoms with Gasteiger partial charge < -0.3 is 15.5 Å². The highest BCUT2D eigenvalue weighted by Crippen LogP contribution is 2.14. The molecule has 0 radical (unpaired) electrons. The minimum atomic E-state index is -1.09. The van der Waals surface area contributed by atoms with Gasteiger partial charge in [0, 0.05) is 18.7 Å². The van der Waals surface area contributed by atoms with Crippen LogP contribution in [0.2, 0.25) is 0 Å². The first-order valence-electron chi connectivity index (χ1n) is 5.78. The van der Waals surface area contributed by atoms with Gasteiger partial charge in [-0.25, -0.2) is 4.79 Å². The lowest BCUT2D eigenvalue weighted by Crippen LogP contribution is -2.19. The monoisotopic (exact) mass is 262 g/mol. The van der Waals surface area contributed by atoms with Gasteiger partial charge >= 0.3 is 5.97 Å². The summed E-state index contributed by atoms with van der Waals surface area (Å²) in [6.45, 7) is 1.64. The highest BCUT2D eigenvalue weighted by atomic mass is 16.4. The molecule has 2 rings (SSSR count). The molecule has 7 heteroatoms. The Morgan fingerprint density at radius 1 is 1.37 bits per heavy atom. The zero-order valence-electron chi connectivity index (χ0n) is 10.2. The number of aromatic carboxylic acids is 1. The summed E-state index contributed by atoms with van der Waals surface area (Å²) in [5.41, 5.74) is 0.744. The molecule has 0 unspecified atom stereocenters. The number of rotatable bonds is 6. The van der Waals surface area contributed by atoms with Gasteiger partial charge in [-0.2, -0.15) is 0 Å². The normalized spacial score (nSPS) is 10.5. The van der Waals surface area contributed by atoms with Crippen molar-refractivity contribution in [3.8, 4) is 5.75 Å². The third-order valence-corrected chi connectivity index (χ3v) is 2.58. The van der Waals surface area contributed by atoms with Crippen molar-refractivity contribution >= 4 is 5.97 Å². The molecule has 1 aromatic heterocycles. The second-order valence-electron chi connectivity index (χ2n) is 3.98. The molecule has 1 aromatic carbocycles. The SMILES string of the molecule is O=C(O)c1cn(CCNCc2ccccc2O)nn1. The van der Waals surface area contributed by atoms with Gasteiger partial charge in [0.15, 0.2) is 5.69 Å². The molecule has 0 fully saturated rings. The van der Waals surface area contributed by atoms with E-state index in [4.69, 9.17) is 5.11 Å². The van der Waals surface area contributed by atoms with E-state index in [9.17, 15) is 9.90 Å². The van der Waals surface area contributed by atoms with Gasteiger partial charge in [0.25, 0.3) is 0 Å². The Kier molecular flexibility index (Phi) is 4.09. The van der Waals surface area contributed by atoms with Crippen LogP contribution >= 0.6 is 0 Å². The summed E-state index contributed by atoms with van der Waals surface area (Å²) in [7, 11) is 0. The summed E-state index contributed by atoms with van der Waals surface area (Å²) in [4.78, 5) is 10.6. The molecular weight excluding hydrogens is 248 g/mol. The number of carboxylic acids is 1. The molecule has 19 heavy (non-hydrogen) atoms. The van der Waals surface area contributed by atoms with Crippen LogP contribution in [0.25, 0.3) is 0 Å². The van der Waals surface area contributed by atoms with Gasteiger partial charge in [-0.05, 0) is 6.07 Å². The average molecular weight is 262 g/mol. The van der Waals surface area contributed by atoms with Crippen molar-refractivity contribution in [3.63, 3.8) is 0 Å². The predicted octanol–water partition coefficient (Wildman–Crippen LogP) is 0.472. The zero-order chi connectivity index (χ0) is 13.7. The lowest BCUT2D eigenvalue weighted by Gasteiger charge is -2.06. The molecule has 0 saturated carbocycles. The Labute approximate surface area is 109 Å². The summed E-state index contributed by atoms with van der Waals surface area (Å²) in [5, 5.41) is 28.6. The topological polar surface area (TPSA) is 100 Å². The van der Waals surface area contributed by atoms with Crippen molar-refractivity contribution in [2.75, 3.05) is 6.54 Å². The van der Waals surface area contributed by atoms with Gasteiger partial charge in [0.2, 0.25) is 0 Å². The molecule has 0 saturated heterocycles. The average Bonchev–Trinajstić information content (AvgIpc) is 2.85. The zero-order valence-corrected chi connectivity index (χ0v) is 10.2. The van der Waals surface area contributed by atoms with E-state index in [1.165, 1.54) is 10.9 Å². The molecular formula is C12H14N4O3. The van der Waals surface area contributed by atoms with E-state index in [1.54, 1.807) is 12.1 Å². The predicted molar refractivity (Wildman–Crippen MR) is 66.8 cm³/mol. The highest BCUT2D eigenvalue weighted by Gasteiger charge is 2.07. The van der Waals surface area contributed by atoms with Crippen molar-refractivity contribution in [2.24, 2.45) is 0 Å². The van der Waals surface area contributed by atoms with E-state index in [-0.39, 0.29) is 11.4 Å². The Balaban J connectivity index is 1.77. The van der Waals surface area contributed by atoms with Gasteiger partial charge in [0.1, 0.15) is 5.75 Å². The summed E-state index contributed by atoms with van der Waals surface area (Å²) in [6.07, 6.45) is 1.38. The molecule has 7 nitrogen and oxygen atoms in total. The molecule has 2 aromatic rings. The number of hydrogen-bond acceptors (Lipinski definition) is 5. The number of para-hydroxylation sites is 1. The van der Waals surface area contributed by atoms with Crippen molar-refractivity contribution in [3.05, 3.63) is 41.7 Å². The van der Waals surface area contributed by atoms with Crippen LogP contribution in [0, 0.1) is 0 Å². The molecule has 1 heterocycles. The summed E-state index contributed by atoms with van der Waals surface area (Å²) in [6, 6.07) is 7.09. The van der Waals surface area contributed by atoms with E-state index in [0.29, 0.717) is 19.6 Å². The second kappa shape index (κ2) is 5.96. The molecule has 0 atom stereocenters. The van der Waals surface area contributed by atoms with Crippen LogP contribution in [-0.2, 0) is 13.1 Å². The van der Waals surface area contributed by atoms with E-state index >= 15 is 0 Å². The van der Waals surface area contributed by atoms with Gasteiger partial charge in [-0.3, -0.25) is 4.68 Å². The number of phenols is 1. The highest BCUT2D eigenvalue weighted by molar-refractivity contribution is 5.84. The van der Waals surface area contributed by atoms with Gasteiger partial charge in [-0.15, -0.1) is 5.10 Å². The van der Waals surface area contributed by atoms with Crippen LogP contribution in [-0.4, -0.2) is 37.7 Å². The van der Waals surface area contributed by atoms with Crippen LogP contribution in [0.1, 0.15) is 16.1 Å². The molecule has 0 aliphatic rings. The van der Waals surface area contributed by atoms with Crippen LogP contribution in [0.5, 0.6) is 5.75 Å². The van der Waals surface area contributed by atoms with Gasteiger partial charge in [-0.1, -0.05) is 23.4 Å². The number of benzene rings is 1. The minimum absolute atomic E-state index is 0.0688. The molecule has 0 bridgehead atoms. The van der Waals surface area contributed by atoms with Crippen molar-refractivity contribution < 1.29 is 15.0 Å². The fraction of sp³-hybridized carbons (Fsp3) is 0.250. The molecule has 0 amide bonds. The fourth-order valence-electron chi connectivity index (χ4n) is 1.58. The van der Waals surface area contributed by atoms with Crippen LogP contribution in [0.3, 0.4) is 0 Å². The van der Waals surface area contributed by atoms with E-state index < -0.39 is 5.97 Å². The van der Waals surface area contributed by atoms with Crippen molar-refractivity contribution in [2.45, 2.75) is 13.1 Å². The standard InChI is InChI=1S/C12H14N4O3/c17-11-4-2-1-3-9(11)7-13-5-6-16-8-10(12(18)19)14-15-16/h1-4,8,13,17H,5-7H2,(H,18,19). The maximum Gasteiger partial charge on any atom is 0.358 e. The Morgan fingerprint density at radius 2 is 2.16 bits per heavy atom. The van der Waals surface area contributed by atoms with E-state index in [0.717, 1.165) is 5.56 Å². The van der Waals surface area contributed by atoms with Crippen LogP contribution in [0.15, 0.2) is 30.5 Å². The number of hydrogen-bond donors (Lipinski definition) is 3. The number of phenolic OH excluding ortho intramolecular Hbond substituents is 1. The Bertz CT molecular complexity index is 568. The largest absolute Gasteiger partial charge is 0.508 e. The minimum Gasteiger partial charge on any atom is -0.508 e. The lowest BCUT2D eigenvalue weighted by atomic mass is 10.2. The first kappa shape index (κ1) is 13.0. The number of aromatic nitrogens is 3. The quantitative estimate of drug-likeness (QED) is 0.654. The number of aromatic hydroxyl groups is 1. The van der Waals surface area contributed by atoms with Crippen LogP contribution < -0.4 is 5.32 Å². The fourth-order valence-corrected chi connectivity index (χ4v) is 1.58. The summed E-state index contributed by atoms with van der Waals surface area (Å²) >= 11 is 0. The third kappa shape index (κ3) is 3.52. The summed E-state index contributed by atoms with van der Waals surface area (Å²) < 4.78 is 1.46. The van der Waals surface area contributed by atoms with E-state index in [1.807, 2.05) is 12.1 Å². The number of nitrogens with one attached hydrogen (secondary N) is 1.